The number of hydrogen-bond acceptors (Lipinski definition) is 5. The second-order valence-corrected chi connectivity index (χ2v) is 3.88. The zero-order valence-electron chi connectivity index (χ0n) is 10.4. The zero-order chi connectivity index (χ0) is 13.8. The van der Waals surface area contributed by atoms with Crippen molar-refractivity contribution >= 4 is 22.6 Å². The molecule has 0 saturated heterocycles. The standard InChI is InChI=1S/C13H14N3O3/c1-19-9-3-2-8-6-10(12(14)18)13(15-4-5-17)16-11(8)7-9/h2,6-7,17H,4-5H2,1H3,(H2,14,18)(H,15,16). The second kappa shape index (κ2) is 5.53. The first kappa shape index (κ1) is 13.1. The second-order valence-electron chi connectivity index (χ2n) is 3.88. The minimum atomic E-state index is -0.578. The summed E-state index contributed by atoms with van der Waals surface area (Å²) in [6, 6.07) is 7.95. The summed E-state index contributed by atoms with van der Waals surface area (Å²) in [4.78, 5) is 15.7. The van der Waals surface area contributed by atoms with Crippen molar-refractivity contribution in [3.63, 3.8) is 0 Å². The van der Waals surface area contributed by atoms with Gasteiger partial charge in [0, 0.05) is 24.1 Å². The molecule has 1 radical (unpaired) electrons. The molecular weight excluding hydrogens is 246 g/mol. The Morgan fingerprint density at radius 2 is 2.37 bits per heavy atom. The van der Waals surface area contributed by atoms with Crippen LogP contribution in [0.3, 0.4) is 0 Å². The maximum absolute atomic E-state index is 11.4. The van der Waals surface area contributed by atoms with E-state index in [4.69, 9.17) is 15.6 Å². The van der Waals surface area contributed by atoms with Gasteiger partial charge in [-0.25, -0.2) is 4.98 Å². The molecular formula is C13H14N3O3. The fourth-order valence-corrected chi connectivity index (χ4v) is 1.70. The van der Waals surface area contributed by atoms with E-state index in [2.05, 4.69) is 16.4 Å². The minimum Gasteiger partial charge on any atom is -0.496 e. The normalized spacial score (nSPS) is 10.4. The van der Waals surface area contributed by atoms with E-state index in [1.165, 1.54) is 0 Å². The molecule has 1 amide bonds. The maximum Gasteiger partial charge on any atom is 0.252 e. The number of amides is 1. The predicted molar refractivity (Wildman–Crippen MR) is 71.2 cm³/mol. The monoisotopic (exact) mass is 260 g/mol. The first-order valence-electron chi connectivity index (χ1n) is 5.70. The van der Waals surface area contributed by atoms with E-state index in [9.17, 15) is 4.79 Å². The van der Waals surface area contributed by atoms with Gasteiger partial charge in [-0.2, -0.15) is 0 Å². The van der Waals surface area contributed by atoms with Crippen molar-refractivity contribution in [2.45, 2.75) is 0 Å². The van der Waals surface area contributed by atoms with E-state index < -0.39 is 5.91 Å². The quantitative estimate of drug-likeness (QED) is 0.729. The third-order valence-corrected chi connectivity index (χ3v) is 2.61. The number of methoxy groups -OCH3 is 1. The van der Waals surface area contributed by atoms with Gasteiger partial charge in [0.2, 0.25) is 0 Å². The fourth-order valence-electron chi connectivity index (χ4n) is 1.70. The molecule has 0 aliphatic carbocycles. The van der Waals surface area contributed by atoms with Crippen LogP contribution in [-0.2, 0) is 0 Å². The topological polar surface area (TPSA) is 97.5 Å². The maximum atomic E-state index is 11.4. The van der Waals surface area contributed by atoms with Gasteiger partial charge in [-0.05, 0) is 12.1 Å². The van der Waals surface area contributed by atoms with Crippen LogP contribution in [0, 0.1) is 6.07 Å². The number of aliphatic hydroxyl groups excluding tert-OH is 1. The number of carbonyl (C=O) groups is 1. The Balaban J connectivity index is 2.55. The van der Waals surface area contributed by atoms with Gasteiger partial charge in [0.1, 0.15) is 11.6 Å². The number of nitrogens with one attached hydrogen (secondary N) is 1. The van der Waals surface area contributed by atoms with Crippen LogP contribution in [0.15, 0.2) is 18.2 Å². The number of anilines is 1. The Kier molecular flexibility index (Phi) is 3.82. The largest absolute Gasteiger partial charge is 0.496 e. The van der Waals surface area contributed by atoms with Crippen LogP contribution >= 0.6 is 0 Å². The molecule has 0 bridgehead atoms. The van der Waals surface area contributed by atoms with Crippen molar-refractivity contribution in [2.24, 2.45) is 5.73 Å². The van der Waals surface area contributed by atoms with Crippen LogP contribution < -0.4 is 15.8 Å². The predicted octanol–water partition coefficient (Wildman–Crippen LogP) is 0.547. The van der Waals surface area contributed by atoms with Crippen LogP contribution in [0.2, 0.25) is 0 Å². The third kappa shape index (κ3) is 2.74. The first-order valence-corrected chi connectivity index (χ1v) is 5.70. The van der Waals surface area contributed by atoms with Crippen LogP contribution in [0.5, 0.6) is 5.75 Å². The van der Waals surface area contributed by atoms with Crippen LogP contribution in [0.1, 0.15) is 10.4 Å². The van der Waals surface area contributed by atoms with Crippen LogP contribution in [0.4, 0.5) is 5.82 Å². The van der Waals surface area contributed by atoms with Crippen LogP contribution in [-0.4, -0.2) is 36.3 Å². The van der Waals surface area contributed by atoms with Gasteiger partial charge in [-0.3, -0.25) is 4.79 Å². The molecule has 0 atom stereocenters. The highest BCUT2D eigenvalue weighted by atomic mass is 16.5. The number of primary amides is 1. The van der Waals surface area contributed by atoms with Crippen molar-refractivity contribution in [3.8, 4) is 5.75 Å². The number of hydrogen-bond donors (Lipinski definition) is 3. The Hall–Kier alpha value is -2.34. The number of nitrogens with two attached hydrogens (primary N) is 1. The molecule has 19 heavy (non-hydrogen) atoms. The van der Waals surface area contributed by atoms with Gasteiger partial charge in [-0.15, -0.1) is 0 Å². The van der Waals surface area contributed by atoms with Gasteiger partial charge in [0.05, 0.1) is 24.8 Å². The summed E-state index contributed by atoms with van der Waals surface area (Å²) in [5.74, 6) is 0.327. The summed E-state index contributed by atoms with van der Waals surface area (Å²) in [6.07, 6.45) is 0. The molecule has 1 aromatic carbocycles. The lowest BCUT2D eigenvalue weighted by Gasteiger charge is -2.10. The van der Waals surface area contributed by atoms with Gasteiger partial charge >= 0.3 is 0 Å². The van der Waals surface area contributed by atoms with Gasteiger partial charge < -0.3 is 20.9 Å². The van der Waals surface area contributed by atoms with E-state index in [0.29, 0.717) is 17.1 Å². The Morgan fingerprint density at radius 1 is 1.58 bits per heavy atom. The van der Waals surface area contributed by atoms with Crippen LogP contribution in [0.25, 0.3) is 10.9 Å². The highest BCUT2D eigenvalue weighted by Crippen LogP contribution is 2.23. The molecule has 6 nitrogen and oxygen atoms in total. The van der Waals surface area contributed by atoms with Gasteiger partial charge in [0.15, 0.2) is 0 Å². The van der Waals surface area contributed by atoms with E-state index >= 15 is 0 Å². The Bertz CT molecular complexity index is 613. The lowest BCUT2D eigenvalue weighted by atomic mass is 10.1. The van der Waals surface area contributed by atoms with Crippen molar-refractivity contribution in [3.05, 3.63) is 29.8 Å². The number of rotatable bonds is 5. The first-order chi connectivity index (χ1) is 9.15. The molecule has 4 N–H and O–H groups in total. The molecule has 0 fully saturated rings. The number of nitrogens with zero attached hydrogens (tertiary/aromatic N) is 1. The molecule has 2 rings (SSSR count). The molecule has 0 aliphatic heterocycles. The molecule has 99 valence electrons. The number of aliphatic hydroxyl groups is 1. The summed E-state index contributed by atoms with van der Waals surface area (Å²) in [7, 11) is 1.54. The van der Waals surface area contributed by atoms with Crippen molar-refractivity contribution < 1.29 is 14.6 Å². The van der Waals surface area contributed by atoms with Gasteiger partial charge in [0.25, 0.3) is 5.91 Å². The summed E-state index contributed by atoms with van der Waals surface area (Å²) in [5, 5.41) is 12.4. The lowest BCUT2D eigenvalue weighted by molar-refractivity contribution is 0.100. The minimum absolute atomic E-state index is 0.0657. The summed E-state index contributed by atoms with van der Waals surface area (Å²) >= 11 is 0. The summed E-state index contributed by atoms with van der Waals surface area (Å²) in [6.45, 7) is 0.221. The lowest BCUT2D eigenvalue weighted by Crippen LogP contribution is -2.17. The molecule has 0 spiro atoms. The van der Waals surface area contributed by atoms with E-state index in [-0.39, 0.29) is 18.7 Å². The summed E-state index contributed by atoms with van der Waals surface area (Å²) < 4.78 is 5.07. The van der Waals surface area contributed by atoms with Gasteiger partial charge in [-0.1, -0.05) is 0 Å². The van der Waals surface area contributed by atoms with Crippen molar-refractivity contribution in [2.75, 3.05) is 25.6 Å². The third-order valence-electron chi connectivity index (χ3n) is 2.61. The SMILES string of the molecule is COc1[c]cc2cc(C(N)=O)c(NCCO)nc2c1. The van der Waals surface area contributed by atoms with E-state index in [0.717, 1.165) is 5.39 Å². The fraction of sp³-hybridized carbons (Fsp3) is 0.231. The number of benzene rings is 1. The number of aromatic nitrogens is 1. The number of carbonyl (C=O) groups excluding carboxylic acids is 1. The average Bonchev–Trinajstić information content (AvgIpc) is 2.43. The van der Waals surface area contributed by atoms with E-state index in [1.54, 1.807) is 25.3 Å². The Labute approximate surface area is 110 Å². The molecule has 0 unspecified atom stereocenters. The molecule has 0 aliphatic rings. The smallest absolute Gasteiger partial charge is 0.252 e. The zero-order valence-corrected chi connectivity index (χ0v) is 10.4. The number of pyridine rings is 1. The number of fused-ring (bicyclic) bond motifs is 1. The van der Waals surface area contributed by atoms with Crippen molar-refractivity contribution in [1.29, 1.82) is 0 Å². The molecule has 1 heterocycles. The molecule has 2 aromatic rings. The highest BCUT2D eigenvalue weighted by Gasteiger charge is 2.12. The van der Waals surface area contributed by atoms with E-state index in [1.807, 2.05) is 0 Å². The molecule has 6 heteroatoms. The van der Waals surface area contributed by atoms with Crippen molar-refractivity contribution in [1.82, 2.24) is 4.98 Å². The Morgan fingerprint density at radius 3 is 3.00 bits per heavy atom. The molecule has 1 aromatic heterocycles. The average molecular weight is 260 g/mol. The highest BCUT2D eigenvalue weighted by molar-refractivity contribution is 6.01. The summed E-state index contributed by atoms with van der Waals surface area (Å²) in [5.41, 5.74) is 6.25. The number of ether oxygens (including phenoxy) is 1. The molecule has 0 saturated carbocycles.